The van der Waals surface area contributed by atoms with E-state index in [1.165, 1.54) is 12.1 Å². The van der Waals surface area contributed by atoms with E-state index < -0.39 is 30.7 Å². The molecule has 3 rings (SSSR count). The SMILES string of the molecule is Cn1c(Cc2cc(CNC(=O)OC(C)(C)C)ccc2Cl)nc2cc(C(=O)O)c(OCC(F)F)cc21. The van der Waals surface area contributed by atoms with Gasteiger partial charge in [-0.15, -0.1) is 0 Å². The second-order valence-electron chi connectivity index (χ2n) is 8.89. The molecule has 0 saturated carbocycles. The van der Waals surface area contributed by atoms with E-state index in [0.717, 1.165) is 11.1 Å². The van der Waals surface area contributed by atoms with Crippen LogP contribution in [0.15, 0.2) is 30.3 Å². The number of fused-ring (bicyclic) bond motifs is 1. The molecular weight excluding hydrogens is 484 g/mol. The molecule has 0 saturated heterocycles. The van der Waals surface area contributed by atoms with E-state index in [9.17, 15) is 23.5 Å². The van der Waals surface area contributed by atoms with Crippen LogP contribution in [-0.2, 0) is 24.8 Å². The summed E-state index contributed by atoms with van der Waals surface area (Å²) in [5.41, 5.74) is 1.57. The number of hydrogen-bond donors (Lipinski definition) is 2. The lowest BCUT2D eigenvalue weighted by Gasteiger charge is -2.19. The van der Waals surface area contributed by atoms with E-state index in [4.69, 9.17) is 21.1 Å². The van der Waals surface area contributed by atoms with Crippen LogP contribution in [-0.4, -0.2) is 45.4 Å². The maximum atomic E-state index is 12.6. The van der Waals surface area contributed by atoms with Crippen molar-refractivity contribution < 1.29 is 33.0 Å². The summed E-state index contributed by atoms with van der Waals surface area (Å²) < 4.78 is 37.2. The number of imidazole rings is 1. The van der Waals surface area contributed by atoms with Gasteiger partial charge >= 0.3 is 12.1 Å². The van der Waals surface area contributed by atoms with Crippen LogP contribution in [0.4, 0.5) is 13.6 Å². The zero-order valence-electron chi connectivity index (χ0n) is 19.7. The van der Waals surface area contributed by atoms with Crippen LogP contribution in [0.3, 0.4) is 0 Å². The molecule has 1 amide bonds. The number of hydrogen-bond acceptors (Lipinski definition) is 5. The van der Waals surface area contributed by atoms with Crippen LogP contribution in [0.25, 0.3) is 11.0 Å². The van der Waals surface area contributed by atoms with E-state index in [0.29, 0.717) is 28.3 Å². The first-order chi connectivity index (χ1) is 16.3. The number of nitrogens with one attached hydrogen (secondary N) is 1. The Kier molecular flexibility index (Phi) is 7.84. The molecule has 2 aromatic carbocycles. The molecule has 2 N–H and O–H groups in total. The first-order valence-electron chi connectivity index (χ1n) is 10.7. The highest BCUT2D eigenvalue weighted by Gasteiger charge is 2.20. The molecule has 0 radical (unpaired) electrons. The summed E-state index contributed by atoms with van der Waals surface area (Å²) in [6.07, 6.45) is -2.97. The average Bonchev–Trinajstić information content (AvgIpc) is 3.05. The van der Waals surface area contributed by atoms with E-state index in [1.807, 2.05) is 6.07 Å². The van der Waals surface area contributed by atoms with Gasteiger partial charge in [0, 0.05) is 31.1 Å². The largest absolute Gasteiger partial charge is 0.487 e. The highest BCUT2D eigenvalue weighted by atomic mass is 35.5. The fourth-order valence-corrected chi connectivity index (χ4v) is 3.58. The number of alkyl halides is 2. The summed E-state index contributed by atoms with van der Waals surface area (Å²) in [6, 6.07) is 8.01. The highest BCUT2D eigenvalue weighted by Crippen LogP contribution is 2.29. The van der Waals surface area contributed by atoms with Gasteiger partial charge in [-0.05, 0) is 44.0 Å². The minimum absolute atomic E-state index is 0.159. The molecule has 0 atom stereocenters. The first-order valence-corrected chi connectivity index (χ1v) is 11.1. The number of alkyl carbamates (subject to hydrolysis) is 1. The second kappa shape index (κ2) is 10.5. The van der Waals surface area contributed by atoms with Crippen molar-refractivity contribution >= 4 is 34.7 Å². The average molecular weight is 510 g/mol. The van der Waals surface area contributed by atoms with Crippen molar-refractivity contribution in [3.63, 3.8) is 0 Å². The van der Waals surface area contributed by atoms with Crippen LogP contribution in [0.2, 0.25) is 5.02 Å². The monoisotopic (exact) mass is 509 g/mol. The number of nitrogens with zero attached hydrogens (tertiary/aromatic N) is 2. The number of halogens is 3. The van der Waals surface area contributed by atoms with Crippen LogP contribution < -0.4 is 10.1 Å². The Bertz CT molecular complexity index is 1250. The van der Waals surface area contributed by atoms with Crippen LogP contribution in [0.1, 0.15) is 48.1 Å². The van der Waals surface area contributed by atoms with Gasteiger partial charge in [0.1, 0.15) is 29.3 Å². The fourth-order valence-electron chi connectivity index (χ4n) is 3.40. The molecular formula is C24H26ClF2N3O5. The summed E-state index contributed by atoms with van der Waals surface area (Å²) >= 11 is 6.39. The van der Waals surface area contributed by atoms with E-state index >= 15 is 0 Å². The van der Waals surface area contributed by atoms with Gasteiger partial charge in [-0.1, -0.05) is 23.7 Å². The first kappa shape index (κ1) is 26.2. The molecule has 3 aromatic rings. The van der Waals surface area contributed by atoms with Crippen molar-refractivity contribution in [1.82, 2.24) is 14.9 Å². The number of carboxylic acid groups (broad SMARTS) is 1. The zero-order valence-corrected chi connectivity index (χ0v) is 20.4. The number of aromatic carboxylic acids is 1. The Morgan fingerprint density at radius 1 is 1.23 bits per heavy atom. The lowest BCUT2D eigenvalue weighted by Crippen LogP contribution is -2.32. The molecule has 188 valence electrons. The molecule has 0 aliphatic carbocycles. The molecule has 0 aliphatic heterocycles. The van der Waals surface area contributed by atoms with Gasteiger partial charge in [0.15, 0.2) is 0 Å². The minimum atomic E-state index is -2.74. The van der Waals surface area contributed by atoms with Crippen molar-refractivity contribution in [2.24, 2.45) is 7.05 Å². The Morgan fingerprint density at radius 2 is 1.94 bits per heavy atom. The molecule has 0 unspecified atom stereocenters. The Balaban J connectivity index is 1.86. The molecule has 1 aromatic heterocycles. The quantitative estimate of drug-likeness (QED) is 0.433. The minimum Gasteiger partial charge on any atom is -0.487 e. The second-order valence-corrected chi connectivity index (χ2v) is 9.30. The lowest BCUT2D eigenvalue weighted by molar-refractivity contribution is 0.0523. The summed E-state index contributed by atoms with van der Waals surface area (Å²) in [5.74, 6) is -0.897. The number of rotatable bonds is 8. The van der Waals surface area contributed by atoms with Gasteiger partial charge in [-0.3, -0.25) is 0 Å². The van der Waals surface area contributed by atoms with Crippen LogP contribution in [0, 0.1) is 0 Å². The smallest absolute Gasteiger partial charge is 0.407 e. The molecule has 1 heterocycles. The third-order valence-corrected chi connectivity index (χ3v) is 5.33. The number of carbonyl (C=O) groups excluding carboxylic acids is 1. The number of aryl methyl sites for hydroxylation is 1. The standard InChI is InChI=1S/C24H26ClF2N3O5/c1-24(2,3)35-23(33)28-11-13-5-6-16(25)14(7-13)8-21-29-17-9-15(22(31)32)19(34-12-20(26)27)10-18(17)30(21)4/h5-7,9-10,20H,8,11-12H2,1-4H3,(H,28,33)(H,31,32). The normalized spacial score (nSPS) is 11.7. The Labute approximate surface area is 205 Å². The number of amides is 1. The third-order valence-electron chi connectivity index (χ3n) is 4.96. The van der Waals surface area contributed by atoms with Gasteiger partial charge in [-0.25, -0.2) is 23.4 Å². The summed E-state index contributed by atoms with van der Waals surface area (Å²) in [7, 11) is 1.73. The molecule has 0 bridgehead atoms. The van der Waals surface area contributed by atoms with Crippen molar-refractivity contribution in [2.45, 2.75) is 45.8 Å². The number of aromatic nitrogens is 2. The van der Waals surface area contributed by atoms with E-state index in [1.54, 1.807) is 44.5 Å². The van der Waals surface area contributed by atoms with E-state index in [2.05, 4.69) is 10.3 Å². The van der Waals surface area contributed by atoms with Gasteiger partial charge in [0.25, 0.3) is 6.43 Å². The van der Waals surface area contributed by atoms with Gasteiger partial charge in [-0.2, -0.15) is 0 Å². The highest BCUT2D eigenvalue weighted by molar-refractivity contribution is 6.31. The van der Waals surface area contributed by atoms with Crippen LogP contribution in [0.5, 0.6) is 5.75 Å². The lowest BCUT2D eigenvalue weighted by atomic mass is 10.1. The predicted molar refractivity (Wildman–Crippen MR) is 127 cm³/mol. The molecule has 35 heavy (non-hydrogen) atoms. The maximum absolute atomic E-state index is 12.6. The Hall–Kier alpha value is -3.40. The fraction of sp³-hybridized carbons (Fsp3) is 0.375. The van der Waals surface area contributed by atoms with Crippen molar-refractivity contribution in [3.05, 3.63) is 57.9 Å². The number of benzene rings is 2. The van der Waals surface area contributed by atoms with Gasteiger partial charge in [0.05, 0.1) is 11.0 Å². The number of carbonyl (C=O) groups is 2. The Morgan fingerprint density at radius 3 is 2.57 bits per heavy atom. The molecule has 0 fully saturated rings. The molecule has 11 heteroatoms. The topological polar surface area (TPSA) is 103 Å². The van der Waals surface area contributed by atoms with Crippen molar-refractivity contribution in [2.75, 3.05) is 6.61 Å². The number of carboxylic acids is 1. The van der Waals surface area contributed by atoms with Crippen molar-refractivity contribution in [3.8, 4) is 5.75 Å². The third kappa shape index (κ3) is 6.82. The summed E-state index contributed by atoms with van der Waals surface area (Å²) in [4.78, 5) is 28.1. The molecule has 0 spiro atoms. The zero-order chi connectivity index (χ0) is 25.9. The summed E-state index contributed by atoms with van der Waals surface area (Å²) in [5, 5.41) is 12.6. The molecule has 0 aliphatic rings. The predicted octanol–water partition coefficient (Wildman–Crippen LogP) is 5.18. The van der Waals surface area contributed by atoms with Crippen molar-refractivity contribution in [1.29, 1.82) is 0 Å². The maximum Gasteiger partial charge on any atom is 0.407 e. The summed E-state index contributed by atoms with van der Waals surface area (Å²) in [6.45, 7) is 4.63. The van der Waals surface area contributed by atoms with Crippen LogP contribution >= 0.6 is 11.6 Å². The molecule has 8 nitrogen and oxygen atoms in total. The van der Waals surface area contributed by atoms with E-state index in [-0.39, 0.29) is 17.9 Å². The van der Waals surface area contributed by atoms with Gasteiger partial charge < -0.3 is 24.5 Å². The number of ether oxygens (including phenoxy) is 2. The van der Waals surface area contributed by atoms with Gasteiger partial charge in [0.2, 0.25) is 0 Å².